The molecule has 1 heterocycles. The molecular weight excluding hydrogens is 347 g/mol. The predicted molar refractivity (Wildman–Crippen MR) is 79.2 cm³/mol. The van der Waals surface area contributed by atoms with Crippen LogP contribution in [0.25, 0.3) is 0 Å². The number of halogens is 2. The minimum atomic E-state index is -0.487. The number of aromatic amines is 1. The van der Waals surface area contributed by atoms with Gasteiger partial charge in [-0.25, -0.2) is 9.37 Å². The van der Waals surface area contributed by atoms with Crippen LogP contribution in [0.1, 0.15) is 12.7 Å². The molecule has 1 atom stereocenters. The van der Waals surface area contributed by atoms with Gasteiger partial charge in [-0.3, -0.25) is 9.89 Å². The fourth-order valence-corrected chi connectivity index (χ4v) is 2.52. The number of aromatic nitrogens is 3. The van der Waals surface area contributed by atoms with E-state index >= 15 is 0 Å². The van der Waals surface area contributed by atoms with E-state index in [1.165, 1.54) is 23.9 Å². The summed E-state index contributed by atoms with van der Waals surface area (Å²) < 4.78 is 14.2. The van der Waals surface area contributed by atoms with Crippen molar-refractivity contribution in [3.63, 3.8) is 0 Å². The summed E-state index contributed by atoms with van der Waals surface area (Å²) in [6, 6.07) is 4.47. The molecule has 1 amide bonds. The van der Waals surface area contributed by atoms with E-state index in [1.54, 1.807) is 19.9 Å². The van der Waals surface area contributed by atoms with Gasteiger partial charge in [0.25, 0.3) is 0 Å². The molecule has 0 saturated heterocycles. The van der Waals surface area contributed by atoms with E-state index in [0.717, 1.165) is 0 Å². The standard InChI is InChI=1S/C12H12BrFN4OS/c1-6(20-12-15-7(2)17-18-12)11(19)16-10-4-3-8(13)5-9(10)14/h3-6H,1-2H3,(H,16,19)(H,15,17,18). The molecular formula is C12H12BrFN4OS. The first-order valence-electron chi connectivity index (χ1n) is 5.77. The fourth-order valence-electron chi connectivity index (χ4n) is 1.41. The van der Waals surface area contributed by atoms with Crippen molar-refractivity contribution in [3.8, 4) is 0 Å². The molecule has 0 aliphatic heterocycles. The molecule has 0 aliphatic carbocycles. The first-order valence-corrected chi connectivity index (χ1v) is 7.44. The van der Waals surface area contributed by atoms with Gasteiger partial charge >= 0.3 is 0 Å². The SMILES string of the molecule is Cc1nc(SC(C)C(=O)Nc2ccc(Br)cc2F)n[nH]1. The van der Waals surface area contributed by atoms with Gasteiger partial charge in [-0.1, -0.05) is 27.7 Å². The van der Waals surface area contributed by atoms with Gasteiger partial charge in [-0.05, 0) is 32.0 Å². The lowest BCUT2D eigenvalue weighted by Crippen LogP contribution is -2.23. The van der Waals surface area contributed by atoms with Crippen LogP contribution in [0.15, 0.2) is 27.8 Å². The van der Waals surface area contributed by atoms with Gasteiger partial charge in [-0.2, -0.15) is 0 Å². The second-order valence-corrected chi connectivity index (χ2v) is 6.30. The third-order valence-electron chi connectivity index (χ3n) is 2.42. The maximum atomic E-state index is 13.6. The van der Waals surface area contributed by atoms with Crippen molar-refractivity contribution in [2.45, 2.75) is 24.3 Å². The van der Waals surface area contributed by atoms with E-state index in [-0.39, 0.29) is 11.6 Å². The lowest BCUT2D eigenvalue weighted by Gasteiger charge is -2.10. The van der Waals surface area contributed by atoms with Crippen LogP contribution in [0.3, 0.4) is 0 Å². The molecule has 0 bridgehead atoms. The summed E-state index contributed by atoms with van der Waals surface area (Å²) in [5.41, 5.74) is 0.150. The summed E-state index contributed by atoms with van der Waals surface area (Å²) >= 11 is 4.36. The molecule has 0 radical (unpaired) electrons. The van der Waals surface area contributed by atoms with E-state index in [0.29, 0.717) is 15.5 Å². The van der Waals surface area contributed by atoms with Crippen molar-refractivity contribution in [3.05, 3.63) is 34.3 Å². The number of amides is 1. The molecule has 1 aromatic carbocycles. The number of rotatable bonds is 4. The zero-order chi connectivity index (χ0) is 14.7. The van der Waals surface area contributed by atoms with E-state index in [1.807, 2.05) is 0 Å². The Labute approximate surface area is 127 Å². The number of benzene rings is 1. The fraction of sp³-hybridized carbons (Fsp3) is 0.250. The average molecular weight is 359 g/mol. The van der Waals surface area contributed by atoms with Crippen molar-refractivity contribution in [2.24, 2.45) is 0 Å². The van der Waals surface area contributed by atoms with Crippen LogP contribution in [0, 0.1) is 12.7 Å². The molecule has 1 unspecified atom stereocenters. The van der Waals surface area contributed by atoms with Crippen molar-refractivity contribution < 1.29 is 9.18 Å². The molecule has 20 heavy (non-hydrogen) atoms. The van der Waals surface area contributed by atoms with Gasteiger partial charge in [0.05, 0.1) is 10.9 Å². The largest absolute Gasteiger partial charge is 0.323 e. The van der Waals surface area contributed by atoms with Gasteiger partial charge in [-0.15, -0.1) is 5.10 Å². The lowest BCUT2D eigenvalue weighted by molar-refractivity contribution is -0.115. The molecule has 2 N–H and O–H groups in total. The first kappa shape index (κ1) is 15.0. The molecule has 0 aliphatic rings. The second kappa shape index (κ2) is 6.36. The number of H-pyrrole nitrogens is 1. The van der Waals surface area contributed by atoms with Crippen molar-refractivity contribution in [1.29, 1.82) is 0 Å². The van der Waals surface area contributed by atoms with Crippen molar-refractivity contribution in [2.75, 3.05) is 5.32 Å². The summed E-state index contributed by atoms with van der Waals surface area (Å²) in [6.45, 7) is 3.49. The maximum Gasteiger partial charge on any atom is 0.237 e. The monoisotopic (exact) mass is 358 g/mol. The van der Waals surface area contributed by atoms with Crippen LogP contribution >= 0.6 is 27.7 Å². The molecule has 0 spiro atoms. The van der Waals surface area contributed by atoms with Gasteiger partial charge in [0.1, 0.15) is 11.6 Å². The summed E-state index contributed by atoms with van der Waals surface area (Å²) in [7, 11) is 0. The summed E-state index contributed by atoms with van der Waals surface area (Å²) in [4.78, 5) is 16.1. The minimum absolute atomic E-state index is 0.150. The third kappa shape index (κ3) is 3.80. The number of anilines is 1. The zero-order valence-electron chi connectivity index (χ0n) is 10.8. The van der Waals surface area contributed by atoms with E-state index in [2.05, 4.69) is 36.4 Å². The number of hydrogen-bond acceptors (Lipinski definition) is 4. The van der Waals surface area contributed by atoms with Crippen LogP contribution in [0.4, 0.5) is 10.1 Å². The van der Waals surface area contributed by atoms with Crippen LogP contribution in [0.5, 0.6) is 0 Å². The summed E-state index contributed by atoms with van der Waals surface area (Å²) in [5, 5.41) is 9.23. The highest BCUT2D eigenvalue weighted by atomic mass is 79.9. The minimum Gasteiger partial charge on any atom is -0.323 e. The van der Waals surface area contributed by atoms with E-state index < -0.39 is 11.1 Å². The highest BCUT2D eigenvalue weighted by molar-refractivity contribution is 9.10. The molecule has 1 aromatic heterocycles. The quantitative estimate of drug-likeness (QED) is 0.823. The highest BCUT2D eigenvalue weighted by Crippen LogP contribution is 2.23. The Kier molecular flexibility index (Phi) is 4.77. The Bertz CT molecular complexity index is 634. The number of aryl methyl sites for hydroxylation is 1. The normalized spacial score (nSPS) is 12.2. The van der Waals surface area contributed by atoms with Crippen molar-refractivity contribution in [1.82, 2.24) is 15.2 Å². The number of nitrogens with one attached hydrogen (secondary N) is 2. The van der Waals surface area contributed by atoms with E-state index in [4.69, 9.17) is 0 Å². The van der Waals surface area contributed by atoms with Crippen LogP contribution in [0.2, 0.25) is 0 Å². The summed E-state index contributed by atoms with van der Waals surface area (Å²) in [6.07, 6.45) is 0. The molecule has 0 saturated carbocycles. The number of carbonyl (C=O) groups is 1. The van der Waals surface area contributed by atoms with Gasteiger partial charge in [0, 0.05) is 4.47 Å². The third-order valence-corrected chi connectivity index (χ3v) is 3.87. The number of nitrogens with zero attached hydrogens (tertiary/aromatic N) is 2. The molecule has 2 aromatic rings. The van der Waals surface area contributed by atoms with E-state index in [9.17, 15) is 9.18 Å². The Hall–Kier alpha value is -1.41. The lowest BCUT2D eigenvalue weighted by atomic mass is 10.3. The topological polar surface area (TPSA) is 70.7 Å². The first-order chi connectivity index (χ1) is 9.45. The summed E-state index contributed by atoms with van der Waals surface area (Å²) in [5.74, 6) is -0.114. The molecule has 106 valence electrons. The maximum absolute atomic E-state index is 13.6. The Balaban J connectivity index is 2.00. The number of carbonyl (C=O) groups excluding carboxylic acids is 1. The second-order valence-electron chi connectivity index (χ2n) is 4.08. The van der Waals surface area contributed by atoms with Crippen molar-refractivity contribution >= 4 is 39.3 Å². The number of hydrogen-bond donors (Lipinski definition) is 2. The molecule has 8 heteroatoms. The molecule has 2 rings (SSSR count). The van der Waals surface area contributed by atoms with Crippen LogP contribution < -0.4 is 5.32 Å². The Morgan fingerprint density at radius 2 is 2.30 bits per heavy atom. The van der Waals surface area contributed by atoms with Gasteiger partial charge in [0.15, 0.2) is 0 Å². The average Bonchev–Trinajstić information content (AvgIpc) is 2.78. The number of thioether (sulfide) groups is 1. The Morgan fingerprint density at radius 1 is 1.55 bits per heavy atom. The predicted octanol–water partition coefficient (Wildman–Crippen LogP) is 3.13. The van der Waals surface area contributed by atoms with Crippen LogP contribution in [-0.2, 0) is 4.79 Å². The molecule has 0 fully saturated rings. The zero-order valence-corrected chi connectivity index (χ0v) is 13.2. The van der Waals surface area contributed by atoms with Gasteiger partial charge in [0.2, 0.25) is 11.1 Å². The van der Waals surface area contributed by atoms with Gasteiger partial charge < -0.3 is 5.32 Å². The molecule has 5 nitrogen and oxygen atoms in total. The highest BCUT2D eigenvalue weighted by Gasteiger charge is 2.18. The Morgan fingerprint density at radius 3 is 2.90 bits per heavy atom. The van der Waals surface area contributed by atoms with Crippen LogP contribution in [-0.4, -0.2) is 26.3 Å². The smallest absolute Gasteiger partial charge is 0.237 e.